The fourth-order valence-corrected chi connectivity index (χ4v) is 0. The van der Waals surface area contributed by atoms with Gasteiger partial charge in [0.2, 0.25) is 0 Å². The molecule has 54 valence electrons. The zero-order valence-corrected chi connectivity index (χ0v) is 9.11. The molecule has 0 rings (SSSR count). The van der Waals surface area contributed by atoms with Crippen LogP contribution in [0.25, 0.3) is 0 Å². The van der Waals surface area contributed by atoms with E-state index >= 15 is 0 Å². The summed E-state index contributed by atoms with van der Waals surface area (Å²) in [6.07, 6.45) is 0. The smallest absolute Gasteiger partial charge is 4.00 e. The minimum absolute atomic E-state index is 0. The van der Waals surface area contributed by atoms with Gasteiger partial charge in [0.05, 0.1) is 0 Å². The third kappa shape index (κ3) is 346. The molecule has 0 aromatic carbocycles. The van der Waals surface area contributed by atoms with Crippen LogP contribution in [0.3, 0.4) is 0 Å². The van der Waals surface area contributed by atoms with Crippen LogP contribution in [0.15, 0.2) is 0 Å². The molecule has 9 heteroatoms. The molecular formula is MoO6Se2. The Morgan fingerprint density at radius 2 is 0.778 bits per heavy atom. The monoisotopic (exact) mass is 354 g/mol. The molecule has 9 heavy (non-hydrogen) atoms. The SMILES string of the molecule is O=[Se]([O-])[O-].O=[Se]([O-])[O-].[Mo+4]. The van der Waals surface area contributed by atoms with Crippen LogP contribution in [-0.2, 0) is 28.7 Å². The normalized spacial score (nSPS) is 7.78. The largest absolute Gasteiger partial charge is 4.00 e. The first kappa shape index (κ1) is 16.6. The van der Waals surface area contributed by atoms with Crippen molar-refractivity contribution in [2.24, 2.45) is 0 Å². The number of hydrogen-bond acceptors (Lipinski definition) is 6. The van der Waals surface area contributed by atoms with Gasteiger partial charge in [-0.3, -0.25) is 0 Å². The molecule has 0 unspecified atom stereocenters. The van der Waals surface area contributed by atoms with Crippen LogP contribution in [0.1, 0.15) is 0 Å². The van der Waals surface area contributed by atoms with E-state index in [4.69, 9.17) is 24.4 Å². The Morgan fingerprint density at radius 1 is 0.778 bits per heavy atom. The first-order valence-corrected chi connectivity index (χ1v) is 5.20. The van der Waals surface area contributed by atoms with Gasteiger partial charge in [0.1, 0.15) is 0 Å². The molecule has 0 aliphatic heterocycles. The maximum Gasteiger partial charge on any atom is 4.00 e. The molecule has 0 fully saturated rings. The second kappa shape index (κ2) is 11.9. The predicted octanol–water partition coefficient (Wildman–Crippen LogP) is -5.76. The van der Waals surface area contributed by atoms with Gasteiger partial charge in [-0.05, 0) is 0 Å². The minimum atomic E-state index is -3.79. The molecular weight excluding hydrogens is 350 g/mol. The molecule has 0 heterocycles. The third-order valence-corrected chi connectivity index (χ3v) is 0. The fourth-order valence-electron chi connectivity index (χ4n) is 0. The fraction of sp³-hybridized carbons (Fsp3) is 0. The van der Waals surface area contributed by atoms with Gasteiger partial charge >= 0.3 is 74.5 Å². The van der Waals surface area contributed by atoms with E-state index in [1.165, 1.54) is 0 Å². The van der Waals surface area contributed by atoms with Crippen LogP contribution >= 0.6 is 0 Å². The van der Waals surface area contributed by atoms with Crippen molar-refractivity contribution in [3.8, 4) is 0 Å². The summed E-state index contributed by atoms with van der Waals surface area (Å²) in [6.45, 7) is 0. The van der Waals surface area contributed by atoms with Crippen LogP contribution in [0.4, 0.5) is 0 Å². The Morgan fingerprint density at radius 3 is 0.778 bits per heavy atom. The minimum Gasteiger partial charge on any atom is 4.00 e. The topological polar surface area (TPSA) is 126 Å². The zero-order valence-electron chi connectivity index (χ0n) is 3.67. The first-order valence-electron chi connectivity index (χ1n) is 1.00. The van der Waals surface area contributed by atoms with Crippen molar-refractivity contribution in [3.05, 3.63) is 0 Å². The molecule has 0 aliphatic carbocycles. The summed E-state index contributed by atoms with van der Waals surface area (Å²) in [7, 11) is 0. The van der Waals surface area contributed by atoms with Gasteiger partial charge in [0, 0.05) is 0 Å². The second-order valence-corrected chi connectivity index (χ2v) is 2.12. The molecule has 0 saturated heterocycles. The summed E-state index contributed by atoms with van der Waals surface area (Å²) in [6, 6.07) is 0. The Labute approximate surface area is 74.2 Å². The molecule has 0 amide bonds. The summed E-state index contributed by atoms with van der Waals surface area (Å²) < 4.78 is 51.2. The molecule has 0 aliphatic rings. The predicted molar refractivity (Wildman–Crippen MR) is 12.9 cm³/mol. The van der Waals surface area contributed by atoms with Crippen LogP contribution in [0.2, 0.25) is 0 Å². The van der Waals surface area contributed by atoms with Crippen LogP contribution in [0, 0.1) is 0 Å². The van der Waals surface area contributed by atoms with Gasteiger partial charge in [-0.25, -0.2) is 0 Å². The molecule has 0 radical (unpaired) electrons. The van der Waals surface area contributed by atoms with E-state index in [-0.39, 0.29) is 21.1 Å². The summed E-state index contributed by atoms with van der Waals surface area (Å²) in [4.78, 5) is 0. The summed E-state index contributed by atoms with van der Waals surface area (Å²) in [5.74, 6) is 0. The first-order chi connectivity index (χ1) is 3.46. The molecule has 0 atom stereocenters. The third-order valence-electron chi connectivity index (χ3n) is 0. The van der Waals surface area contributed by atoms with Gasteiger partial charge in [0.25, 0.3) is 0 Å². The van der Waals surface area contributed by atoms with Gasteiger partial charge in [-0.15, -0.1) is 0 Å². The van der Waals surface area contributed by atoms with Crippen LogP contribution < -0.4 is 16.8 Å². The van der Waals surface area contributed by atoms with Crippen molar-refractivity contribution >= 4 is 29.0 Å². The van der Waals surface area contributed by atoms with Gasteiger partial charge in [-0.2, -0.15) is 0 Å². The van der Waals surface area contributed by atoms with Gasteiger partial charge in [-0.1, -0.05) is 0 Å². The number of hydrogen-bond donors (Lipinski definition) is 0. The van der Waals surface area contributed by atoms with E-state index in [1.807, 2.05) is 0 Å². The van der Waals surface area contributed by atoms with E-state index in [0.717, 1.165) is 0 Å². The quantitative estimate of drug-likeness (QED) is 0.401. The van der Waals surface area contributed by atoms with Gasteiger partial charge in [0.15, 0.2) is 0 Å². The average Bonchev–Trinajstić information content (AvgIpc) is 1.25. The van der Waals surface area contributed by atoms with Crippen molar-refractivity contribution < 1.29 is 45.5 Å². The molecule has 0 N–H and O–H groups in total. The molecule has 0 spiro atoms. The van der Waals surface area contributed by atoms with Crippen molar-refractivity contribution in [3.63, 3.8) is 0 Å². The maximum atomic E-state index is 8.54. The Kier molecular flexibility index (Phi) is 22.0. The molecule has 6 nitrogen and oxygen atoms in total. The average molecular weight is 350 g/mol. The van der Waals surface area contributed by atoms with Crippen molar-refractivity contribution in [2.45, 2.75) is 0 Å². The summed E-state index contributed by atoms with van der Waals surface area (Å²) >= 11 is -7.58. The summed E-state index contributed by atoms with van der Waals surface area (Å²) in [5, 5.41) is 0. The molecule has 0 bridgehead atoms. The molecule has 0 saturated carbocycles. The Balaban J connectivity index is -0.0000000720. The van der Waals surface area contributed by atoms with Crippen molar-refractivity contribution in [1.82, 2.24) is 0 Å². The summed E-state index contributed by atoms with van der Waals surface area (Å²) in [5.41, 5.74) is 0. The zero-order chi connectivity index (χ0) is 7.15. The van der Waals surface area contributed by atoms with E-state index in [9.17, 15) is 0 Å². The van der Waals surface area contributed by atoms with E-state index in [1.54, 1.807) is 0 Å². The Bertz CT molecular complexity index is 69.1. The number of rotatable bonds is 0. The van der Waals surface area contributed by atoms with E-state index in [0.29, 0.717) is 0 Å². The standard InChI is InChI=1S/Mo.2H2O3Se/c;2*1-4(2)3/h;2*(H2,1,2,3)/q+4;;/p-4. The van der Waals surface area contributed by atoms with E-state index < -0.39 is 29.0 Å². The van der Waals surface area contributed by atoms with Crippen molar-refractivity contribution in [2.75, 3.05) is 0 Å². The second-order valence-electron chi connectivity index (χ2n) is 0.408. The Hall–Kier alpha value is 1.17. The van der Waals surface area contributed by atoms with Crippen molar-refractivity contribution in [1.29, 1.82) is 0 Å². The van der Waals surface area contributed by atoms with Crippen LogP contribution in [0.5, 0.6) is 0 Å². The van der Waals surface area contributed by atoms with E-state index in [2.05, 4.69) is 0 Å². The van der Waals surface area contributed by atoms with Gasteiger partial charge < -0.3 is 0 Å². The van der Waals surface area contributed by atoms with Crippen LogP contribution in [-0.4, -0.2) is 29.0 Å². The molecule has 0 aromatic heterocycles. The molecule has 0 aromatic rings. The maximum absolute atomic E-state index is 8.54.